The van der Waals surface area contributed by atoms with Crippen LogP contribution in [0.4, 0.5) is 5.69 Å². The highest BCUT2D eigenvalue weighted by Gasteiger charge is 2.48. The first kappa shape index (κ1) is 22.4. The Labute approximate surface area is 180 Å². The number of nitrogens with zero attached hydrogens (tertiary/aromatic N) is 5. The quantitative estimate of drug-likeness (QED) is 0.235. The van der Waals surface area contributed by atoms with Crippen LogP contribution < -0.4 is 5.32 Å². The molecule has 1 aliphatic heterocycles. The van der Waals surface area contributed by atoms with Crippen molar-refractivity contribution in [3.63, 3.8) is 0 Å². The van der Waals surface area contributed by atoms with Gasteiger partial charge >= 0.3 is 5.97 Å². The summed E-state index contributed by atoms with van der Waals surface area (Å²) in [6, 6.07) is 6.88. The van der Waals surface area contributed by atoms with Gasteiger partial charge in [-0.1, -0.05) is 23.3 Å². The molecule has 1 aromatic rings. The molecule has 2 N–H and O–H groups in total. The molecular weight excluding hydrogens is 400 g/mol. The number of piperidine rings is 1. The number of nitriles is 1. The first-order valence-corrected chi connectivity index (χ1v) is 10.3. The number of aliphatic hydroxyl groups is 1. The van der Waals surface area contributed by atoms with E-state index in [0.717, 1.165) is 12.0 Å². The molecule has 164 valence electrons. The molecule has 1 aromatic carbocycles. The van der Waals surface area contributed by atoms with E-state index in [9.17, 15) is 20.0 Å². The summed E-state index contributed by atoms with van der Waals surface area (Å²) in [4.78, 5) is 29.0. The number of anilines is 1. The van der Waals surface area contributed by atoms with E-state index in [2.05, 4.69) is 21.5 Å². The smallest absolute Gasteiger partial charge is 0.311 e. The second-order valence-electron chi connectivity index (χ2n) is 7.96. The summed E-state index contributed by atoms with van der Waals surface area (Å²) in [5.41, 5.74) is 9.71. The molecule has 0 spiro atoms. The average molecular weight is 426 g/mol. The Morgan fingerprint density at radius 3 is 2.90 bits per heavy atom. The van der Waals surface area contributed by atoms with Crippen molar-refractivity contribution in [1.29, 1.82) is 5.26 Å². The Morgan fingerprint density at radius 2 is 2.19 bits per heavy atom. The van der Waals surface area contributed by atoms with Gasteiger partial charge in [0.25, 0.3) is 0 Å². The summed E-state index contributed by atoms with van der Waals surface area (Å²) < 4.78 is 4.96. The predicted octanol–water partition coefficient (Wildman–Crippen LogP) is 2.73. The van der Waals surface area contributed by atoms with E-state index >= 15 is 0 Å². The first-order chi connectivity index (χ1) is 15.0. The fourth-order valence-corrected chi connectivity index (χ4v) is 4.87. The molecule has 1 saturated carbocycles. The summed E-state index contributed by atoms with van der Waals surface area (Å²) in [7, 11) is 1.32. The minimum atomic E-state index is -0.765. The number of hydrogen-bond donors (Lipinski definition) is 2. The number of hydrogen-bond acceptors (Lipinski definition) is 7. The highest BCUT2D eigenvalue weighted by molar-refractivity contribution is 5.91. The lowest BCUT2D eigenvalue weighted by atomic mass is 9.65. The molecular formula is C21H26N6O4. The van der Waals surface area contributed by atoms with E-state index in [1.807, 2.05) is 12.1 Å². The number of benzene rings is 1. The Bertz CT molecular complexity index is 909. The third kappa shape index (κ3) is 4.90. The Hall–Kier alpha value is -3.28. The van der Waals surface area contributed by atoms with Crippen molar-refractivity contribution in [3.8, 4) is 6.19 Å². The lowest BCUT2D eigenvalue weighted by Crippen LogP contribution is -2.51. The monoisotopic (exact) mass is 426 g/mol. The van der Waals surface area contributed by atoms with Gasteiger partial charge in [0.2, 0.25) is 5.91 Å². The normalized spacial score (nSPS) is 27.3. The fourth-order valence-electron chi connectivity index (χ4n) is 4.87. The van der Waals surface area contributed by atoms with Gasteiger partial charge in [-0.05, 0) is 48.3 Å². The van der Waals surface area contributed by atoms with Crippen LogP contribution in [-0.4, -0.2) is 48.2 Å². The topological polar surface area (TPSA) is 151 Å². The standard InChI is InChI=1S/C21H26N6O4/c1-31-21(30)20-15-10-17(27(12-22)11-13(15)6-7-18(20)28)14-4-2-3-5-16(14)25-19(29)8-9-24-26-23/h2-5,13,15,17-18,20,28H,6-11H2,1H3,(H,25,29)/t13-,15-,17-,18-,20+/m0/s1. The van der Waals surface area contributed by atoms with E-state index in [1.54, 1.807) is 17.0 Å². The number of methoxy groups -OCH3 is 1. The van der Waals surface area contributed by atoms with Crippen molar-refractivity contribution in [2.24, 2.45) is 22.9 Å². The molecule has 3 rings (SSSR count). The van der Waals surface area contributed by atoms with Gasteiger partial charge in [-0.3, -0.25) is 9.59 Å². The lowest BCUT2D eigenvalue weighted by Gasteiger charge is -2.48. The van der Waals surface area contributed by atoms with Gasteiger partial charge in [0.1, 0.15) is 0 Å². The van der Waals surface area contributed by atoms with E-state index < -0.39 is 18.0 Å². The number of azide groups is 1. The number of carbonyl (C=O) groups is 2. The van der Waals surface area contributed by atoms with Gasteiger partial charge in [-0.15, -0.1) is 0 Å². The van der Waals surface area contributed by atoms with Crippen molar-refractivity contribution >= 4 is 17.6 Å². The lowest BCUT2D eigenvalue weighted by molar-refractivity contribution is -0.159. The fraction of sp³-hybridized carbons (Fsp3) is 0.571. The highest BCUT2D eigenvalue weighted by atomic mass is 16.5. The summed E-state index contributed by atoms with van der Waals surface area (Å²) in [6.45, 7) is 0.534. The number of likely N-dealkylation sites (tertiary alicyclic amines) is 1. The van der Waals surface area contributed by atoms with Gasteiger partial charge in [0.15, 0.2) is 6.19 Å². The maximum absolute atomic E-state index is 12.4. The minimum Gasteiger partial charge on any atom is -0.469 e. The molecule has 31 heavy (non-hydrogen) atoms. The molecule has 1 aliphatic carbocycles. The number of fused-ring (bicyclic) bond motifs is 1. The van der Waals surface area contributed by atoms with Crippen LogP contribution in [0.15, 0.2) is 29.4 Å². The van der Waals surface area contributed by atoms with Crippen LogP contribution in [0.1, 0.15) is 37.3 Å². The van der Waals surface area contributed by atoms with Crippen molar-refractivity contribution in [3.05, 3.63) is 40.3 Å². The Kier molecular flexibility index (Phi) is 7.34. The number of esters is 1. The second kappa shape index (κ2) is 10.2. The predicted molar refractivity (Wildman–Crippen MR) is 111 cm³/mol. The van der Waals surface area contributed by atoms with Crippen molar-refractivity contribution in [1.82, 2.24) is 4.90 Å². The second-order valence-corrected chi connectivity index (χ2v) is 7.96. The van der Waals surface area contributed by atoms with E-state index in [-0.39, 0.29) is 36.8 Å². The summed E-state index contributed by atoms with van der Waals surface area (Å²) in [6.07, 6.45) is 3.27. The zero-order valence-electron chi connectivity index (χ0n) is 17.3. The third-order valence-corrected chi connectivity index (χ3v) is 6.32. The molecule has 0 radical (unpaired) electrons. The zero-order chi connectivity index (χ0) is 22.4. The van der Waals surface area contributed by atoms with Crippen molar-refractivity contribution in [2.45, 2.75) is 37.8 Å². The van der Waals surface area contributed by atoms with E-state index in [4.69, 9.17) is 10.3 Å². The van der Waals surface area contributed by atoms with Crippen LogP contribution in [0.25, 0.3) is 10.4 Å². The molecule has 0 unspecified atom stereocenters. The van der Waals surface area contributed by atoms with E-state index in [1.165, 1.54) is 7.11 Å². The number of rotatable bonds is 6. The van der Waals surface area contributed by atoms with Crippen LogP contribution in [0.3, 0.4) is 0 Å². The SMILES string of the molecule is COC(=O)[C@@H]1[C@H]2C[C@@H](c3ccccc3NC(=O)CCN=[N+]=[N-])N(C#N)C[C@@H]2CC[C@@H]1O. The van der Waals surface area contributed by atoms with Gasteiger partial charge in [-0.2, -0.15) is 5.26 Å². The van der Waals surface area contributed by atoms with Crippen LogP contribution in [0.5, 0.6) is 0 Å². The average Bonchev–Trinajstić information content (AvgIpc) is 2.78. The maximum Gasteiger partial charge on any atom is 0.311 e. The van der Waals surface area contributed by atoms with Crippen LogP contribution in [0, 0.1) is 29.2 Å². The van der Waals surface area contributed by atoms with Gasteiger partial charge in [0.05, 0.1) is 25.2 Å². The molecule has 2 fully saturated rings. The number of nitrogens with one attached hydrogen (secondary N) is 1. The number of aliphatic hydroxyl groups excluding tert-OH is 1. The van der Waals surface area contributed by atoms with Crippen LogP contribution in [-0.2, 0) is 14.3 Å². The van der Waals surface area contributed by atoms with Crippen molar-refractivity contribution in [2.75, 3.05) is 25.5 Å². The largest absolute Gasteiger partial charge is 0.469 e. The summed E-state index contributed by atoms with van der Waals surface area (Å²) in [5, 5.41) is 26.5. The van der Waals surface area contributed by atoms with Crippen molar-refractivity contribution < 1.29 is 19.4 Å². The number of ether oxygens (including phenoxy) is 1. The Morgan fingerprint density at radius 1 is 1.42 bits per heavy atom. The van der Waals surface area contributed by atoms with E-state index in [0.29, 0.717) is 25.1 Å². The minimum absolute atomic E-state index is 0.0479. The molecule has 0 bridgehead atoms. The molecule has 1 amide bonds. The number of carbonyl (C=O) groups excluding carboxylic acids is 2. The molecule has 5 atom stereocenters. The van der Waals surface area contributed by atoms with Gasteiger partial charge in [-0.25, -0.2) is 0 Å². The van der Waals surface area contributed by atoms with Crippen LogP contribution in [0.2, 0.25) is 0 Å². The van der Waals surface area contributed by atoms with Gasteiger partial charge < -0.3 is 20.1 Å². The zero-order valence-corrected chi connectivity index (χ0v) is 17.3. The Balaban J connectivity index is 1.87. The first-order valence-electron chi connectivity index (χ1n) is 10.3. The number of para-hydroxylation sites is 1. The van der Waals surface area contributed by atoms with Crippen LogP contribution >= 0.6 is 0 Å². The number of amides is 1. The summed E-state index contributed by atoms with van der Waals surface area (Å²) in [5.74, 6) is -1.37. The third-order valence-electron chi connectivity index (χ3n) is 6.32. The molecule has 2 aliphatic rings. The molecule has 10 nitrogen and oxygen atoms in total. The van der Waals surface area contributed by atoms with Gasteiger partial charge in [0, 0.05) is 30.1 Å². The molecule has 1 saturated heterocycles. The molecule has 1 heterocycles. The molecule has 0 aromatic heterocycles. The maximum atomic E-state index is 12.4. The molecule has 10 heteroatoms. The summed E-state index contributed by atoms with van der Waals surface area (Å²) >= 11 is 0. The highest BCUT2D eigenvalue weighted by Crippen LogP contribution is 2.47.